The van der Waals surface area contributed by atoms with E-state index in [0.29, 0.717) is 19.0 Å². The summed E-state index contributed by atoms with van der Waals surface area (Å²) in [6.45, 7) is 10.8. The number of likely N-dealkylation sites (tertiary alicyclic amines) is 1. The molecule has 2 unspecified atom stereocenters. The van der Waals surface area contributed by atoms with Gasteiger partial charge in [-0.15, -0.1) is 0 Å². The van der Waals surface area contributed by atoms with Gasteiger partial charge in [-0.3, -0.25) is 4.90 Å². The first-order chi connectivity index (χ1) is 6.46. The van der Waals surface area contributed by atoms with Crippen LogP contribution in [0.4, 0.5) is 0 Å². The Kier molecular flexibility index (Phi) is 5.64. The second kappa shape index (κ2) is 5.69. The second-order valence-electron chi connectivity index (χ2n) is 4.30. The highest BCUT2D eigenvalue weighted by molar-refractivity contribution is 4.94. The van der Waals surface area contributed by atoms with Gasteiger partial charge in [0.2, 0.25) is 0 Å². The molecule has 0 radical (unpaired) electrons. The Balaban J connectivity index is 0.000000791. The van der Waals surface area contributed by atoms with Crippen LogP contribution in [0.15, 0.2) is 0 Å². The van der Waals surface area contributed by atoms with Crippen molar-refractivity contribution in [1.82, 2.24) is 4.90 Å². The first-order valence-corrected chi connectivity index (χ1v) is 5.55. The molecule has 0 aromatic heterocycles. The number of hydrogen-bond donors (Lipinski definition) is 2. The lowest BCUT2D eigenvalue weighted by Gasteiger charge is -2.26. The fourth-order valence-corrected chi connectivity index (χ4v) is 1.99. The number of aliphatic hydroxyl groups is 2. The van der Waals surface area contributed by atoms with E-state index in [2.05, 4.69) is 18.7 Å². The fraction of sp³-hybridized carbons (Fsp3) is 1.00. The van der Waals surface area contributed by atoms with Crippen LogP contribution in [-0.4, -0.2) is 45.9 Å². The highest BCUT2D eigenvalue weighted by Gasteiger charge is 2.39. The molecule has 0 aromatic rings. The highest BCUT2D eigenvalue weighted by Crippen LogP contribution is 2.27. The first kappa shape index (κ1) is 13.9. The van der Waals surface area contributed by atoms with E-state index in [1.807, 2.05) is 20.8 Å². The molecule has 0 amide bonds. The highest BCUT2D eigenvalue weighted by atomic mass is 16.3. The van der Waals surface area contributed by atoms with Crippen LogP contribution in [0, 0.1) is 0 Å². The normalized spacial score (nSPS) is 33.0. The van der Waals surface area contributed by atoms with Gasteiger partial charge >= 0.3 is 0 Å². The van der Waals surface area contributed by atoms with E-state index in [-0.39, 0.29) is 12.6 Å². The molecule has 1 heterocycles. The lowest BCUT2D eigenvalue weighted by atomic mass is 10.0. The largest absolute Gasteiger partial charge is 0.395 e. The summed E-state index contributed by atoms with van der Waals surface area (Å²) in [6, 6.07) is 0.538. The SMILES string of the molecule is CC.CC(C)N1CC(C)(O)CC1CO. The molecule has 1 aliphatic rings. The molecule has 0 aliphatic carbocycles. The Labute approximate surface area is 87.7 Å². The number of β-amino-alcohol motifs (C(OH)–C–C–N with tert-alkyl or cyclic N) is 1. The van der Waals surface area contributed by atoms with Gasteiger partial charge in [0, 0.05) is 18.6 Å². The van der Waals surface area contributed by atoms with E-state index in [1.54, 1.807) is 0 Å². The Morgan fingerprint density at radius 2 is 1.93 bits per heavy atom. The van der Waals surface area contributed by atoms with Gasteiger partial charge in [-0.2, -0.15) is 0 Å². The summed E-state index contributed by atoms with van der Waals surface area (Å²) < 4.78 is 0. The van der Waals surface area contributed by atoms with Crippen molar-refractivity contribution in [1.29, 1.82) is 0 Å². The maximum Gasteiger partial charge on any atom is 0.0762 e. The Hall–Kier alpha value is -0.120. The Morgan fingerprint density at radius 1 is 1.43 bits per heavy atom. The Morgan fingerprint density at radius 3 is 2.21 bits per heavy atom. The maximum absolute atomic E-state index is 9.76. The molecule has 0 saturated carbocycles. The van der Waals surface area contributed by atoms with E-state index in [9.17, 15) is 5.11 Å². The van der Waals surface area contributed by atoms with Crippen LogP contribution in [0.5, 0.6) is 0 Å². The number of hydrogen-bond acceptors (Lipinski definition) is 3. The maximum atomic E-state index is 9.76. The smallest absolute Gasteiger partial charge is 0.0762 e. The monoisotopic (exact) mass is 203 g/mol. The minimum atomic E-state index is -0.613. The molecule has 86 valence electrons. The minimum Gasteiger partial charge on any atom is -0.395 e. The third-order valence-electron chi connectivity index (χ3n) is 2.54. The van der Waals surface area contributed by atoms with Crippen molar-refractivity contribution in [3.8, 4) is 0 Å². The number of nitrogens with zero attached hydrogens (tertiary/aromatic N) is 1. The minimum absolute atomic E-state index is 0.139. The predicted octanol–water partition coefficient (Wildman–Crippen LogP) is 1.24. The summed E-state index contributed by atoms with van der Waals surface area (Å²) in [6.07, 6.45) is 0.682. The molecule has 3 nitrogen and oxygen atoms in total. The quantitative estimate of drug-likeness (QED) is 0.709. The van der Waals surface area contributed by atoms with Crippen molar-refractivity contribution < 1.29 is 10.2 Å². The topological polar surface area (TPSA) is 43.7 Å². The second-order valence-corrected chi connectivity index (χ2v) is 4.30. The first-order valence-electron chi connectivity index (χ1n) is 5.55. The standard InChI is InChI=1S/C9H19NO2.C2H6/c1-7(2)10-6-9(3,12)4-8(10)5-11;1-2/h7-8,11-12H,4-6H2,1-3H3;1-2H3. The van der Waals surface area contributed by atoms with Gasteiger partial charge < -0.3 is 10.2 Å². The summed E-state index contributed by atoms with van der Waals surface area (Å²) in [5, 5.41) is 18.8. The van der Waals surface area contributed by atoms with Crippen LogP contribution in [0.2, 0.25) is 0 Å². The molecule has 0 spiro atoms. The average Bonchev–Trinajstić information content (AvgIpc) is 2.45. The van der Waals surface area contributed by atoms with Gasteiger partial charge in [0.25, 0.3) is 0 Å². The third kappa shape index (κ3) is 3.56. The van der Waals surface area contributed by atoms with Crippen molar-refractivity contribution in [2.24, 2.45) is 0 Å². The van der Waals surface area contributed by atoms with E-state index in [4.69, 9.17) is 5.11 Å². The van der Waals surface area contributed by atoms with Gasteiger partial charge in [0.15, 0.2) is 0 Å². The molecule has 14 heavy (non-hydrogen) atoms. The van der Waals surface area contributed by atoms with Gasteiger partial charge in [-0.25, -0.2) is 0 Å². The zero-order valence-electron chi connectivity index (χ0n) is 10.1. The zero-order valence-corrected chi connectivity index (χ0v) is 10.1. The Bertz CT molecular complexity index is 157. The van der Waals surface area contributed by atoms with Gasteiger partial charge in [-0.05, 0) is 27.2 Å². The summed E-state index contributed by atoms with van der Waals surface area (Å²) in [7, 11) is 0. The van der Waals surface area contributed by atoms with Crippen LogP contribution in [0.1, 0.15) is 41.0 Å². The molecule has 2 N–H and O–H groups in total. The van der Waals surface area contributed by atoms with Crippen LogP contribution in [0.25, 0.3) is 0 Å². The number of rotatable bonds is 2. The molecule has 1 aliphatic heterocycles. The van der Waals surface area contributed by atoms with Crippen molar-refractivity contribution in [2.45, 2.75) is 58.7 Å². The van der Waals surface area contributed by atoms with Crippen LogP contribution in [-0.2, 0) is 0 Å². The summed E-state index contributed by atoms with van der Waals surface area (Å²) in [4.78, 5) is 2.15. The van der Waals surface area contributed by atoms with E-state index < -0.39 is 5.60 Å². The molecular formula is C11H25NO2. The summed E-state index contributed by atoms with van der Waals surface area (Å²) >= 11 is 0. The van der Waals surface area contributed by atoms with Gasteiger partial charge in [0.05, 0.1) is 12.2 Å². The number of aliphatic hydroxyl groups excluding tert-OH is 1. The van der Waals surface area contributed by atoms with Crippen molar-refractivity contribution in [3.63, 3.8) is 0 Å². The lowest BCUT2D eigenvalue weighted by molar-refractivity contribution is 0.0644. The van der Waals surface area contributed by atoms with Crippen LogP contribution in [0.3, 0.4) is 0 Å². The average molecular weight is 203 g/mol. The van der Waals surface area contributed by atoms with Crippen LogP contribution < -0.4 is 0 Å². The molecular weight excluding hydrogens is 178 g/mol. The third-order valence-corrected chi connectivity index (χ3v) is 2.54. The van der Waals surface area contributed by atoms with E-state index >= 15 is 0 Å². The molecule has 1 rings (SSSR count). The van der Waals surface area contributed by atoms with Crippen molar-refractivity contribution in [3.05, 3.63) is 0 Å². The molecule has 2 atom stereocenters. The molecule has 3 heteroatoms. The van der Waals surface area contributed by atoms with Crippen molar-refractivity contribution in [2.75, 3.05) is 13.2 Å². The fourth-order valence-electron chi connectivity index (χ4n) is 1.99. The molecule has 0 bridgehead atoms. The van der Waals surface area contributed by atoms with Crippen molar-refractivity contribution >= 4 is 0 Å². The predicted molar refractivity (Wildman–Crippen MR) is 59.3 cm³/mol. The van der Waals surface area contributed by atoms with Gasteiger partial charge in [0.1, 0.15) is 0 Å². The van der Waals surface area contributed by atoms with E-state index in [1.165, 1.54) is 0 Å². The lowest BCUT2D eigenvalue weighted by Crippen LogP contribution is -2.38. The van der Waals surface area contributed by atoms with Crippen LogP contribution >= 0.6 is 0 Å². The molecule has 1 saturated heterocycles. The zero-order chi connectivity index (χ0) is 11.4. The summed E-state index contributed by atoms with van der Waals surface area (Å²) in [5.41, 5.74) is -0.613. The van der Waals surface area contributed by atoms with E-state index in [0.717, 1.165) is 0 Å². The van der Waals surface area contributed by atoms with Gasteiger partial charge in [-0.1, -0.05) is 13.8 Å². The molecule has 1 fully saturated rings. The summed E-state index contributed by atoms with van der Waals surface area (Å²) in [5.74, 6) is 0. The molecule has 0 aromatic carbocycles.